The summed E-state index contributed by atoms with van der Waals surface area (Å²) in [5.41, 5.74) is -1.36. The van der Waals surface area contributed by atoms with Gasteiger partial charge in [-0.1, -0.05) is 24.8 Å². The van der Waals surface area contributed by atoms with E-state index in [9.17, 15) is 35.2 Å². The molecule has 0 radical (unpaired) electrons. The summed E-state index contributed by atoms with van der Waals surface area (Å²) in [5, 5.41) is 10.8. The van der Waals surface area contributed by atoms with Gasteiger partial charge in [-0.15, -0.1) is 0 Å². The molecule has 18 heteroatoms. The molecule has 2 aliphatic carbocycles. The van der Waals surface area contributed by atoms with Crippen molar-refractivity contribution in [3.8, 4) is 11.1 Å². The molecule has 7 rings (SSSR count). The van der Waals surface area contributed by atoms with Crippen LogP contribution in [0.1, 0.15) is 52.3 Å². The molecule has 272 valence electrons. The molecule has 2 aromatic carbocycles. The number of halogens is 7. The van der Waals surface area contributed by atoms with Crippen LogP contribution in [0.4, 0.5) is 36.6 Å². The summed E-state index contributed by atoms with van der Waals surface area (Å²) >= 11 is 0. The molecule has 3 atom stereocenters. The molecule has 2 aliphatic rings. The Balaban J connectivity index is 1.34. The van der Waals surface area contributed by atoms with E-state index in [1.165, 1.54) is 10.8 Å². The highest BCUT2D eigenvalue weighted by Gasteiger charge is 2.68. The molecular formula is C34H28F7N7O3S. The minimum Gasteiger partial charge on any atom is -0.346 e. The van der Waals surface area contributed by atoms with Crippen LogP contribution in [0.15, 0.2) is 55.1 Å². The van der Waals surface area contributed by atoms with Gasteiger partial charge in [0.15, 0.2) is 11.5 Å². The average Bonchev–Trinajstić information content (AvgIpc) is 3.59. The number of amides is 1. The first-order valence-electron chi connectivity index (χ1n) is 15.7. The molecule has 0 bridgehead atoms. The predicted molar refractivity (Wildman–Crippen MR) is 175 cm³/mol. The van der Waals surface area contributed by atoms with Crippen molar-refractivity contribution in [2.75, 3.05) is 11.0 Å². The third-order valence-electron chi connectivity index (χ3n) is 9.11. The van der Waals surface area contributed by atoms with E-state index < -0.39 is 81.0 Å². The molecular weight excluding hydrogens is 719 g/mol. The standard InChI is InChI=1S/C34H28F7N7O3S/c1-4-19-8-9-20(21-6-5-7-22-29(21)47(2)45-32(22)46-52(3,50)51)28(42-19)25(12-16-10-17(35)13-18(36)11-16)43-26(49)15-48-31-27(30(44-48)34(39,40)41)23-14-24(23)33(31,37)38/h4-11,13,23-25H,1,12,14-15H2,2-3H3,(H,43,49)(H,45,46)/t23-,24+,25?/m0/s1. The van der Waals surface area contributed by atoms with Crippen LogP contribution in [0, 0.1) is 17.6 Å². The van der Waals surface area contributed by atoms with Crippen LogP contribution >= 0.6 is 0 Å². The fraction of sp³-hybridized carbons (Fsp3) is 0.294. The van der Waals surface area contributed by atoms with Crippen LogP contribution in [0.5, 0.6) is 0 Å². The van der Waals surface area contributed by atoms with Gasteiger partial charge in [-0.05, 0) is 54.7 Å². The molecule has 1 unspecified atom stereocenters. The number of rotatable bonds is 10. The Morgan fingerprint density at radius 2 is 1.81 bits per heavy atom. The van der Waals surface area contributed by atoms with Crippen molar-refractivity contribution in [2.45, 2.75) is 43.4 Å². The summed E-state index contributed by atoms with van der Waals surface area (Å²) in [7, 11) is -2.17. The fourth-order valence-corrected chi connectivity index (χ4v) is 7.55. The third kappa shape index (κ3) is 6.28. The summed E-state index contributed by atoms with van der Waals surface area (Å²) in [5.74, 6) is -8.84. The molecule has 1 fully saturated rings. The van der Waals surface area contributed by atoms with Crippen molar-refractivity contribution < 1.29 is 43.9 Å². The van der Waals surface area contributed by atoms with Crippen LogP contribution in [0.3, 0.4) is 0 Å². The second-order valence-electron chi connectivity index (χ2n) is 12.9. The first kappa shape index (κ1) is 35.2. The van der Waals surface area contributed by atoms with E-state index in [0.29, 0.717) is 38.5 Å². The number of hydrogen-bond donors (Lipinski definition) is 2. The lowest BCUT2D eigenvalue weighted by Gasteiger charge is -2.23. The average molecular weight is 748 g/mol. The maximum Gasteiger partial charge on any atom is 0.435 e. The Hall–Kier alpha value is -5.26. The molecule has 5 aromatic rings. The molecule has 3 aromatic heterocycles. The SMILES string of the molecule is C=Cc1ccc(-c2cccc3c(NS(C)(=O)=O)nn(C)c23)c(C(Cc2cc(F)cc(F)c2)NC(=O)Cn2nc(C(F)(F)F)c3c2C(F)(F)[C@@H]2C[C@H]32)n1. The van der Waals surface area contributed by atoms with Crippen LogP contribution in [-0.4, -0.2) is 45.1 Å². The maximum atomic E-state index is 15.3. The van der Waals surface area contributed by atoms with Crippen molar-refractivity contribution in [1.29, 1.82) is 0 Å². The lowest BCUT2D eigenvalue weighted by atomic mass is 9.93. The number of benzene rings is 2. The summed E-state index contributed by atoms with van der Waals surface area (Å²) in [6.07, 6.45) is -3.13. The molecule has 3 heterocycles. The minimum absolute atomic E-state index is 0.0265. The first-order chi connectivity index (χ1) is 24.4. The number of anilines is 1. The van der Waals surface area contributed by atoms with Gasteiger partial charge in [0.05, 0.1) is 29.2 Å². The van der Waals surface area contributed by atoms with E-state index in [1.807, 2.05) is 0 Å². The summed E-state index contributed by atoms with van der Waals surface area (Å²) < 4.78 is 129. The van der Waals surface area contributed by atoms with Crippen molar-refractivity contribution >= 4 is 38.7 Å². The van der Waals surface area contributed by atoms with Gasteiger partial charge in [0, 0.05) is 41.1 Å². The van der Waals surface area contributed by atoms with Crippen LogP contribution in [-0.2, 0) is 46.9 Å². The summed E-state index contributed by atoms with van der Waals surface area (Å²) in [6, 6.07) is 9.55. The van der Waals surface area contributed by atoms with Gasteiger partial charge < -0.3 is 5.32 Å². The first-order valence-corrected chi connectivity index (χ1v) is 17.6. The smallest absolute Gasteiger partial charge is 0.346 e. The molecule has 0 saturated heterocycles. The highest BCUT2D eigenvalue weighted by molar-refractivity contribution is 7.92. The van der Waals surface area contributed by atoms with Gasteiger partial charge in [-0.3, -0.25) is 23.9 Å². The zero-order valence-corrected chi connectivity index (χ0v) is 28.1. The molecule has 2 N–H and O–H groups in total. The maximum absolute atomic E-state index is 15.3. The third-order valence-corrected chi connectivity index (χ3v) is 9.68. The number of hydrogen-bond acceptors (Lipinski definition) is 6. The molecule has 0 aliphatic heterocycles. The number of para-hydroxylation sites is 1. The van der Waals surface area contributed by atoms with Gasteiger partial charge in [0.2, 0.25) is 15.9 Å². The van der Waals surface area contributed by atoms with E-state index in [2.05, 4.69) is 31.8 Å². The van der Waals surface area contributed by atoms with Gasteiger partial charge in [0.25, 0.3) is 5.92 Å². The Morgan fingerprint density at radius 1 is 1.10 bits per heavy atom. The molecule has 0 spiro atoms. The lowest BCUT2D eigenvalue weighted by Crippen LogP contribution is -2.35. The highest BCUT2D eigenvalue weighted by atomic mass is 32.2. The van der Waals surface area contributed by atoms with Gasteiger partial charge >= 0.3 is 6.18 Å². The Labute approximate surface area is 291 Å². The number of alkyl halides is 5. The Kier molecular flexibility index (Phi) is 8.23. The van der Waals surface area contributed by atoms with E-state index in [4.69, 9.17) is 0 Å². The zero-order chi connectivity index (χ0) is 37.5. The number of sulfonamides is 1. The van der Waals surface area contributed by atoms with E-state index in [1.54, 1.807) is 37.4 Å². The number of nitrogens with one attached hydrogen (secondary N) is 2. The van der Waals surface area contributed by atoms with Crippen molar-refractivity contribution in [3.63, 3.8) is 0 Å². The Morgan fingerprint density at radius 3 is 2.46 bits per heavy atom. The highest BCUT2D eigenvalue weighted by Crippen LogP contribution is 2.68. The van der Waals surface area contributed by atoms with Crippen molar-refractivity contribution in [3.05, 3.63) is 101 Å². The van der Waals surface area contributed by atoms with E-state index in [-0.39, 0.29) is 29.9 Å². The number of carbonyl (C=O) groups excluding carboxylic acids is 1. The van der Waals surface area contributed by atoms with Gasteiger partial charge in [0.1, 0.15) is 23.9 Å². The monoisotopic (exact) mass is 747 g/mol. The molecule has 1 saturated carbocycles. The van der Waals surface area contributed by atoms with Gasteiger partial charge in [-0.2, -0.15) is 32.1 Å². The second-order valence-corrected chi connectivity index (χ2v) is 14.6. The molecule has 1 amide bonds. The number of carbonyl (C=O) groups is 1. The van der Waals surface area contributed by atoms with Gasteiger partial charge in [-0.25, -0.2) is 17.2 Å². The summed E-state index contributed by atoms with van der Waals surface area (Å²) in [4.78, 5) is 18.4. The number of pyridine rings is 1. The van der Waals surface area contributed by atoms with E-state index >= 15 is 8.78 Å². The number of aryl methyl sites for hydroxylation is 1. The zero-order valence-electron chi connectivity index (χ0n) is 27.3. The largest absolute Gasteiger partial charge is 0.435 e. The predicted octanol–water partition coefficient (Wildman–Crippen LogP) is 6.45. The quantitative estimate of drug-likeness (QED) is 0.158. The van der Waals surface area contributed by atoms with E-state index in [0.717, 1.165) is 18.4 Å². The molecule has 10 nitrogen and oxygen atoms in total. The normalized spacial score (nSPS) is 18.2. The number of nitrogens with zero attached hydrogens (tertiary/aromatic N) is 5. The van der Waals surface area contributed by atoms with Crippen molar-refractivity contribution in [2.24, 2.45) is 13.0 Å². The topological polar surface area (TPSA) is 124 Å². The van der Waals surface area contributed by atoms with Crippen LogP contribution in [0.2, 0.25) is 0 Å². The number of fused-ring (bicyclic) bond motifs is 4. The number of aromatic nitrogens is 5. The Bertz CT molecular complexity index is 2390. The summed E-state index contributed by atoms with van der Waals surface area (Å²) in [6.45, 7) is 2.70. The van der Waals surface area contributed by atoms with Crippen LogP contribution in [0.25, 0.3) is 28.1 Å². The minimum atomic E-state index is -5.04. The van der Waals surface area contributed by atoms with Crippen LogP contribution < -0.4 is 10.0 Å². The second kappa shape index (κ2) is 12.2. The molecule has 52 heavy (non-hydrogen) atoms. The van der Waals surface area contributed by atoms with Crippen molar-refractivity contribution in [1.82, 2.24) is 29.9 Å². The fourth-order valence-electron chi connectivity index (χ4n) is 7.05. The lowest BCUT2D eigenvalue weighted by molar-refractivity contribution is -0.142.